The van der Waals surface area contributed by atoms with E-state index in [2.05, 4.69) is 14.8 Å². The normalized spacial score (nSPS) is 17.0. The second kappa shape index (κ2) is 10.3. The molecule has 0 atom stereocenters. The second-order valence-corrected chi connectivity index (χ2v) is 7.57. The van der Waals surface area contributed by atoms with E-state index < -0.39 is 0 Å². The molecule has 9 heteroatoms. The van der Waals surface area contributed by atoms with Gasteiger partial charge in [0.25, 0.3) is 0 Å². The van der Waals surface area contributed by atoms with Crippen LogP contribution in [0, 0.1) is 0 Å². The largest absolute Gasteiger partial charge is 0.493 e. The molecule has 170 valence electrons. The summed E-state index contributed by atoms with van der Waals surface area (Å²) in [6, 6.07) is 7.50. The van der Waals surface area contributed by atoms with Crippen LogP contribution >= 0.6 is 0 Å². The third-order valence-corrected chi connectivity index (χ3v) is 5.66. The maximum Gasteiger partial charge on any atom is 0.246 e. The van der Waals surface area contributed by atoms with Crippen molar-refractivity contribution in [3.8, 4) is 11.5 Å². The zero-order valence-corrected chi connectivity index (χ0v) is 18.6. The Morgan fingerprint density at radius 1 is 0.969 bits per heavy atom. The highest BCUT2D eigenvalue weighted by Gasteiger charge is 2.22. The molecule has 2 aliphatic rings. The van der Waals surface area contributed by atoms with E-state index >= 15 is 0 Å². The van der Waals surface area contributed by atoms with Crippen LogP contribution in [-0.4, -0.2) is 87.5 Å². The third kappa shape index (κ3) is 5.11. The Labute approximate surface area is 188 Å². The Hall–Kier alpha value is -3.33. The molecule has 32 heavy (non-hydrogen) atoms. The number of nitrogens with zero attached hydrogens (tertiary/aromatic N) is 5. The van der Waals surface area contributed by atoms with Crippen molar-refractivity contribution in [2.75, 3.05) is 76.5 Å². The van der Waals surface area contributed by atoms with Crippen molar-refractivity contribution in [1.82, 2.24) is 14.9 Å². The number of aromatic nitrogens is 2. The van der Waals surface area contributed by atoms with Crippen LogP contribution in [0.4, 0.5) is 11.8 Å². The van der Waals surface area contributed by atoms with Crippen LogP contribution in [-0.2, 0) is 9.53 Å². The molecule has 1 aromatic carbocycles. The SMILES string of the molecule is COc1ccc(/C=C/C(=O)N2CCN(c3ccnc(N4CCOCC4)n3)CC2)cc1OC. The second-order valence-electron chi connectivity index (χ2n) is 7.57. The van der Waals surface area contributed by atoms with Crippen LogP contribution < -0.4 is 19.3 Å². The van der Waals surface area contributed by atoms with Crippen LogP contribution in [0.1, 0.15) is 5.56 Å². The molecule has 2 aromatic rings. The molecule has 0 aliphatic carbocycles. The summed E-state index contributed by atoms with van der Waals surface area (Å²) < 4.78 is 16.0. The highest BCUT2D eigenvalue weighted by atomic mass is 16.5. The molecule has 0 radical (unpaired) electrons. The van der Waals surface area contributed by atoms with Crippen LogP contribution in [0.25, 0.3) is 6.08 Å². The number of amides is 1. The van der Waals surface area contributed by atoms with Crippen molar-refractivity contribution in [3.63, 3.8) is 0 Å². The number of anilines is 2. The molecule has 0 saturated carbocycles. The van der Waals surface area contributed by atoms with Crippen molar-refractivity contribution >= 4 is 23.7 Å². The molecule has 2 saturated heterocycles. The highest BCUT2D eigenvalue weighted by molar-refractivity contribution is 5.92. The Bertz CT molecular complexity index is 953. The molecule has 1 amide bonds. The molecular formula is C23H29N5O4. The lowest BCUT2D eigenvalue weighted by Gasteiger charge is -2.35. The summed E-state index contributed by atoms with van der Waals surface area (Å²) in [7, 11) is 3.19. The predicted octanol–water partition coefficient (Wildman–Crippen LogP) is 1.69. The first kappa shape index (κ1) is 21.9. The molecular weight excluding hydrogens is 410 g/mol. The van der Waals surface area contributed by atoms with E-state index in [1.165, 1.54) is 0 Å². The van der Waals surface area contributed by atoms with Gasteiger partial charge in [0.1, 0.15) is 5.82 Å². The number of morpholine rings is 1. The number of benzene rings is 1. The summed E-state index contributed by atoms with van der Waals surface area (Å²) in [6.45, 7) is 5.76. The van der Waals surface area contributed by atoms with E-state index in [1.807, 2.05) is 29.2 Å². The van der Waals surface area contributed by atoms with Crippen LogP contribution in [0.2, 0.25) is 0 Å². The monoisotopic (exact) mass is 439 g/mol. The first-order chi connectivity index (χ1) is 15.7. The van der Waals surface area contributed by atoms with Gasteiger partial charge in [0.15, 0.2) is 11.5 Å². The minimum atomic E-state index is -0.00359. The smallest absolute Gasteiger partial charge is 0.246 e. The van der Waals surface area contributed by atoms with Crippen molar-refractivity contribution in [2.45, 2.75) is 0 Å². The third-order valence-electron chi connectivity index (χ3n) is 5.66. The lowest BCUT2D eigenvalue weighted by Crippen LogP contribution is -2.48. The number of methoxy groups -OCH3 is 2. The quantitative estimate of drug-likeness (QED) is 0.629. The van der Waals surface area contributed by atoms with Crippen molar-refractivity contribution < 1.29 is 19.0 Å². The first-order valence-electron chi connectivity index (χ1n) is 10.8. The fourth-order valence-electron chi connectivity index (χ4n) is 3.82. The Morgan fingerprint density at radius 3 is 2.44 bits per heavy atom. The summed E-state index contributed by atoms with van der Waals surface area (Å²) in [6.07, 6.45) is 5.21. The van der Waals surface area contributed by atoms with Crippen molar-refractivity contribution in [2.24, 2.45) is 0 Å². The number of ether oxygens (including phenoxy) is 3. The number of hydrogen-bond donors (Lipinski definition) is 0. The summed E-state index contributed by atoms with van der Waals surface area (Å²) in [4.78, 5) is 28.0. The Balaban J connectivity index is 1.33. The first-order valence-corrected chi connectivity index (χ1v) is 10.8. The minimum absolute atomic E-state index is 0.00359. The zero-order chi connectivity index (χ0) is 22.3. The summed E-state index contributed by atoms with van der Waals surface area (Å²) in [5, 5.41) is 0. The average molecular weight is 440 g/mol. The maximum absolute atomic E-state index is 12.7. The van der Waals surface area contributed by atoms with Crippen molar-refractivity contribution in [1.29, 1.82) is 0 Å². The Morgan fingerprint density at radius 2 is 1.72 bits per heavy atom. The number of rotatable bonds is 6. The summed E-state index contributed by atoms with van der Waals surface area (Å²) in [5.41, 5.74) is 0.881. The number of carbonyl (C=O) groups excluding carboxylic acids is 1. The molecule has 0 N–H and O–H groups in total. The molecule has 1 aromatic heterocycles. The van der Waals surface area contributed by atoms with Crippen LogP contribution in [0.3, 0.4) is 0 Å². The molecule has 3 heterocycles. The maximum atomic E-state index is 12.7. The summed E-state index contributed by atoms with van der Waals surface area (Å²) in [5.74, 6) is 2.93. The molecule has 4 rings (SSSR count). The van der Waals surface area contributed by atoms with Crippen LogP contribution in [0.15, 0.2) is 36.5 Å². The number of piperazine rings is 1. The van der Waals surface area contributed by atoms with Gasteiger partial charge < -0.3 is 28.9 Å². The van der Waals surface area contributed by atoms with Gasteiger partial charge in [-0.05, 0) is 29.8 Å². The standard InChI is InChI=1S/C23H29N5O4/c1-30-19-5-3-18(17-20(19)31-2)4-6-22(29)27-11-9-26(10-12-27)21-7-8-24-23(25-21)28-13-15-32-16-14-28/h3-8,17H,9-16H2,1-2H3/b6-4+. The molecule has 0 unspecified atom stereocenters. The lowest BCUT2D eigenvalue weighted by atomic mass is 10.2. The molecule has 0 spiro atoms. The van der Waals surface area contributed by atoms with E-state index in [1.54, 1.807) is 32.6 Å². The van der Waals surface area contributed by atoms with Gasteiger partial charge in [-0.2, -0.15) is 4.98 Å². The van der Waals surface area contributed by atoms with Gasteiger partial charge in [-0.1, -0.05) is 6.07 Å². The average Bonchev–Trinajstić information content (AvgIpc) is 2.87. The molecule has 9 nitrogen and oxygen atoms in total. The fourth-order valence-corrected chi connectivity index (χ4v) is 3.82. The van der Waals surface area contributed by atoms with Gasteiger partial charge in [0.05, 0.1) is 27.4 Å². The van der Waals surface area contributed by atoms with E-state index in [0.29, 0.717) is 37.8 Å². The number of carbonyl (C=O) groups is 1. The van der Waals surface area contributed by atoms with Gasteiger partial charge in [0.2, 0.25) is 11.9 Å². The minimum Gasteiger partial charge on any atom is -0.493 e. The van der Waals surface area contributed by atoms with Gasteiger partial charge in [0, 0.05) is 51.5 Å². The predicted molar refractivity (Wildman–Crippen MR) is 122 cm³/mol. The van der Waals surface area contributed by atoms with Crippen LogP contribution in [0.5, 0.6) is 11.5 Å². The van der Waals surface area contributed by atoms with E-state index in [9.17, 15) is 4.79 Å². The van der Waals surface area contributed by atoms with Gasteiger partial charge >= 0.3 is 0 Å². The fraction of sp³-hybridized carbons (Fsp3) is 0.435. The molecule has 2 aliphatic heterocycles. The number of hydrogen-bond acceptors (Lipinski definition) is 8. The topological polar surface area (TPSA) is 80.3 Å². The highest BCUT2D eigenvalue weighted by Crippen LogP contribution is 2.28. The zero-order valence-electron chi connectivity index (χ0n) is 18.6. The van der Waals surface area contributed by atoms with Gasteiger partial charge in [-0.15, -0.1) is 0 Å². The van der Waals surface area contributed by atoms with E-state index in [0.717, 1.165) is 43.5 Å². The summed E-state index contributed by atoms with van der Waals surface area (Å²) >= 11 is 0. The van der Waals surface area contributed by atoms with E-state index in [-0.39, 0.29) is 5.91 Å². The van der Waals surface area contributed by atoms with E-state index in [4.69, 9.17) is 19.2 Å². The van der Waals surface area contributed by atoms with Gasteiger partial charge in [-0.3, -0.25) is 4.79 Å². The lowest BCUT2D eigenvalue weighted by molar-refractivity contribution is -0.126. The Kier molecular flexibility index (Phi) is 7.06. The molecule has 2 fully saturated rings. The van der Waals surface area contributed by atoms with Crippen molar-refractivity contribution in [3.05, 3.63) is 42.1 Å². The molecule has 0 bridgehead atoms. The van der Waals surface area contributed by atoms with Gasteiger partial charge in [-0.25, -0.2) is 4.98 Å².